The molecule has 34 heavy (non-hydrogen) atoms. The smallest absolute Gasteiger partial charge is 0.261 e. The van der Waals surface area contributed by atoms with Crippen LogP contribution >= 0.6 is 23.2 Å². The lowest BCUT2D eigenvalue weighted by Crippen LogP contribution is -2.52. The van der Waals surface area contributed by atoms with Gasteiger partial charge in [0.1, 0.15) is 11.8 Å². The molecule has 1 N–H and O–H groups in total. The number of hydrogen-bond donors (Lipinski definition) is 1. The highest BCUT2D eigenvalue weighted by atomic mass is 35.5. The number of carbonyl (C=O) groups excluding carboxylic acids is 2. The van der Waals surface area contributed by atoms with Crippen molar-refractivity contribution >= 4 is 35.0 Å². The maximum Gasteiger partial charge on any atom is 0.261 e. The number of hydrogen-bond acceptors (Lipinski definition) is 3. The fraction of sp³-hybridized carbons (Fsp3) is 0.481. The predicted octanol–water partition coefficient (Wildman–Crippen LogP) is 6.36. The van der Waals surface area contributed by atoms with Gasteiger partial charge in [0.2, 0.25) is 5.91 Å². The van der Waals surface area contributed by atoms with Gasteiger partial charge in [0.25, 0.3) is 5.91 Å². The molecule has 2 amide bonds. The fourth-order valence-corrected chi connectivity index (χ4v) is 4.77. The lowest BCUT2D eigenvalue weighted by atomic mass is 10.0. The van der Waals surface area contributed by atoms with E-state index in [1.54, 1.807) is 23.1 Å². The number of ether oxygens (including phenoxy) is 1. The van der Waals surface area contributed by atoms with Gasteiger partial charge in [-0.25, -0.2) is 0 Å². The van der Waals surface area contributed by atoms with E-state index in [1.165, 1.54) is 5.56 Å². The number of rotatable bonds is 10. The van der Waals surface area contributed by atoms with E-state index in [-0.39, 0.29) is 31.0 Å². The average molecular weight is 505 g/mol. The highest BCUT2D eigenvalue weighted by Gasteiger charge is 2.31. The number of amides is 2. The number of nitrogens with zero attached hydrogens (tertiary/aromatic N) is 1. The SMILES string of the molecule is CC[C@H](C(=O)NC1CCCC1)N(Cc1ccc(Cl)cc1Cl)C(=O)COc1ccc(C(C)C)cc1. The lowest BCUT2D eigenvalue weighted by molar-refractivity contribution is -0.143. The number of benzene rings is 2. The molecule has 0 aromatic heterocycles. The third kappa shape index (κ3) is 7.13. The molecule has 1 fully saturated rings. The summed E-state index contributed by atoms with van der Waals surface area (Å²) in [5.74, 6) is 0.631. The third-order valence-corrected chi connectivity index (χ3v) is 6.94. The van der Waals surface area contributed by atoms with Crippen LogP contribution in [0.5, 0.6) is 5.75 Å². The molecule has 184 valence electrons. The predicted molar refractivity (Wildman–Crippen MR) is 138 cm³/mol. The molecule has 1 aliphatic carbocycles. The van der Waals surface area contributed by atoms with E-state index >= 15 is 0 Å². The van der Waals surface area contributed by atoms with Crippen molar-refractivity contribution in [1.82, 2.24) is 10.2 Å². The molecule has 2 aromatic carbocycles. The minimum atomic E-state index is -0.619. The Morgan fingerprint density at radius 3 is 2.35 bits per heavy atom. The average Bonchev–Trinajstić information content (AvgIpc) is 3.32. The topological polar surface area (TPSA) is 58.6 Å². The molecule has 0 heterocycles. The summed E-state index contributed by atoms with van der Waals surface area (Å²) in [7, 11) is 0. The van der Waals surface area contributed by atoms with E-state index in [1.807, 2.05) is 31.2 Å². The molecule has 0 saturated heterocycles. The van der Waals surface area contributed by atoms with Crippen molar-refractivity contribution < 1.29 is 14.3 Å². The molecule has 1 saturated carbocycles. The van der Waals surface area contributed by atoms with Gasteiger partial charge in [-0.1, -0.05) is 75.0 Å². The van der Waals surface area contributed by atoms with Gasteiger partial charge in [-0.3, -0.25) is 9.59 Å². The van der Waals surface area contributed by atoms with Gasteiger partial charge in [-0.2, -0.15) is 0 Å². The Labute approximate surface area is 212 Å². The molecule has 7 heteroatoms. The van der Waals surface area contributed by atoms with Crippen LogP contribution in [0.3, 0.4) is 0 Å². The van der Waals surface area contributed by atoms with Gasteiger partial charge < -0.3 is 15.0 Å². The number of halogens is 2. The lowest BCUT2D eigenvalue weighted by Gasteiger charge is -2.31. The zero-order chi connectivity index (χ0) is 24.7. The molecular weight excluding hydrogens is 471 g/mol. The van der Waals surface area contributed by atoms with E-state index < -0.39 is 6.04 Å². The summed E-state index contributed by atoms with van der Waals surface area (Å²) in [4.78, 5) is 28.1. The third-order valence-electron chi connectivity index (χ3n) is 6.35. The van der Waals surface area contributed by atoms with Crippen molar-refractivity contribution in [3.05, 3.63) is 63.6 Å². The first-order valence-corrected chi connectivity index (χ1v) is 12.8. The summed E-state index contributed by atoms with van der Waals surface area (Å²) in [6.07, 6.45) is 4.68. The van der Waals surface area contributed by atoms with Crippen LogP contribution in [0.25, 0.3) is 0 Å². The highest BCUT2D eigenvalue weighted by Crippen LogP contribution is 2.25. The van der Waals surface area contributed by atoms with E-state index in [0.29, 0.717) is 28.1 Å². The molecule has 0 spiro atoms. The summed E-state index contributed by atoms with van der Waals surface area (Å²) >= 11 is 12.5. The van der Waals surface area contributed by atoms with Crippen LogP contribution in [-0.4, -0.2) is 35.4 Å². The van der Waals surface area contributed by atoms with E-state index in [2.05, 4.69) is 19.2 Å². The monoisotopic (exact) mass is 504 g/mol. The van der Waals surface area contributed by atoms with E-state index in [0.717, 1.165) is 31.2 Å². The maximum absolute atomic E-state index is 13.4. The van der Waals surface area contributed by atoms with Crippen molar-refractivity contribution in [2.75, 3.05) is 6.61 Å². The van der Waals surface area contributed by atoms with Gasteiger partial charge in [0.15, 0.2) is 6.61 Å². The Kier molecular flexibility index (Phi) is 9.66. The first-order valence-electron chi connectivity index (χ1n) is 12.0. The summed E-state index contributed by atoms with van der Waals surface area (Å²) < 4.78 is 5.80. The summed E-state index contributed by atoms with van der Waals surface area (Å²) in [5.41, 5.74) is 1.93. The number of nitrogens with one attached hydrogen (secondary N) is 1. The second-order valence-corrected chi connectivity index (χ2v) is 10.0. The van der Waals surface area contributed by atoms with Crippen LogP contribution in [0.15, 0.2) is 42.5 Å². The molecule has 3 rings (SSSR count). The standard InChI is InChI=1S/C27H34Cl2N2O3/c1-4-25(27(33)30-22-7-5-6-8-22)31(16-20-9-12-21(28)15-24(20)29)26(32)17-34-23-13-10-19(11-14-23)18(2)3/h9-15,18,22,25H,4-8,16-17H2,1-3H3,(H,30,33)/t25-/m1/s1. The summed E-state index contributed by atoms with van der Waals surface area (Å²) in [6.45, 7) is 6.19. The van der Waals surface area contributed by atoms with Crippen molar-refractivity contribution in [2.45, 2.75) is 77.4 Å². The van der Waals surface area contributed by atoms with Crippen molar-refractivity contribution in [3.8, 4) is 5.75 Å². The van der Waals surface area contributed by atoms with Gasteiger partial charge in [0.05, 0.1) is 0 Å². The molecule has 0 aliphatic heterocycles. The zero-order valence-corrected chi connectivity index (χ0v) is 21.7. The summed E-state index contributed by atoms with van der Waals surface area (Å²) in [6, 6.07) is 12.5. The fourth-order valence-electron chi connectivity index (χ4n) is 4.30. The number of carbonyl (C=O) groups is 2. The first-order chi connectivity index (χ1) is 16.3. The largest absolute Gasteiger partial charge is 0.484 e. The quantitative estimate of drug-likeness (QED) is 0.409. The van der Waals surface area contributed by atoms with Gasteiger partial charge >= 0.3 is 0 Å². The second-order valence-electron chi connectivity index (χ2n) is 9.18. The summed E-state index contributed by atoms with van der Waals surface area (Å²) in [5, 5.41) is 4.12. The second kappa shape index (κ2) is 12.5. The molecule has 0 radical (unpaired) electrons. The normalized spacial score (nSPS) is 14.8. The molecule has 1 aliphatic rings. The first kappa shape index (κ1) is 26.4. The zero-order valence-electron chi connectivity index (χ0n) is 20.2. The Bertz CT molecular complexity index is 972. The van der Waals surface area contributed by atoms with E-state index in [9.17, 15) is 9.59 Å². The molecule has 0 bridgehead atoms. The Morgan fingerprint density at radius 2 is 1.76 bits per heavy atom. The molecule has 2 aromatic rings. The van der Waals surface area contributed by atoms with Crippen LogP contribution in [0, 0.1) is 0 Å². The van der Waals surface area contributed by atoms with Crippen LogP contribution in [-0.2, 0) is 16.1 Å². The Balaban J connectivity index is 1.77. The maximum atomic E-state index is 13.4. The Hall–Kier alpha value is -2.24. The Morgan fingerprint density at radius 1 is 1.09 bits per heavy atom. The molecule has 1 atom stereocenters. The van der Waals surface area contributed by atoms with Crippen LogP contribution in [0.1, 0.15) is 69.9 Å². The highest BCUT2D eigenvalue weighted by molar-refractivity contribution is 6.35. The molecule has 0 unspecified atom stereocenters. The van der Waals surface area contributed by atoms with Gasteiger partial charge in [0, 0.05) is 22.6 Å². The van der Waals surface area contributed by atoms with Crippen molar-refractivity contribution in [2.24, 2.45) is 0 Å². The molecular formula is C27H34Cl2N2O3. The molecule has 5 nitrogen and oxygen atoms in total. The van der Waals surface area contributed by atoms with Crippen LogP contribution < -0.4 is 10.1 Å². The van der Waals surface area contributed by atoms with Gasteiger partial charge in [-0.15, -0.1) is 0 Å². The minimum Gasteiger partial charge on any atom is -0.484 e. The minimum absolute atomic E-state index is 0.130. The van der Waals surface area contributed by atoms with Gasteiger partial charge in [-0.05, 0) is 60.6 Å². The van der Waals surface area contributed by atoms with Crippen molar-refractivity contribution in [3.63, 3.8) is 0 Å². The van der Waals surface area contributed by atoms with Crippen molar-refractivity contribution in [1.29, 1.82) is 0 Å². The van der Waals surface area contributed by atoms with E-state index in [4.69, 9.17) is 27.9 Å². The van der Waals surface area contributed by atoms with Crippen LogP contribution in [0.2, 0.25) is 10.0 Å². The van der Waals surface area contributed by atoms with Crippen LogP contribution in [0.4, 0.5) is 0 Å².